The summed E-state index contributed by atoms with van der Waals surface area (Å²) in [6, 6.07) is 6.11. The molecule has 1 rings (SSSR count). The van der Waals surface area contributed by atoms with Gasteiger partial charge in [0.2, 0.25) is 10.0 Å². The van der Waals surface area contributed by atoms with Crippen LogP contribution in [0.5, 0.6) is 0 Å². The first-order valence-corrected chi connectivity index (χ1v) is 8.59. The number of hydrogen-bond acceptors (Lipinski definition) is 4. The lowest BCUT2D eigenvalue weighted by molar-refractivity contribution is 0.0778. The highest BCUT2D eigenvalue weighted by Crippen LogP contribution is 2.13. The molecular weight excluding hydrogens is 290 g/mol. The van der Waals surface area contributed by atoms with E-state index in [-0.39, 0.29) is 16.8 Å². The fraction of sp³-hybridized carbons (Fsp3) is 0.533. The smallest absolute Gasteiger partial charge is 0.240 e. The van der Waals surface area contributed by atoms with E-state index in [0.717, 1.165) is 0 Å². The van der Waals surface area contributed by atoms with E-state index in [1.807, 2.05) is 13.8 Å². The largest absolute Gasteiger partial charge is 0.379 e. The highest BCUT2D eigenvalue weighted by atomic mass is 32.2. The molecule has 0 radical (unpaired) electrons. The molecule has 0 aromatic heterocycles. The number of hydrogen-bond donors (Lipinski definition) is 1. The molecule has 0 saturated heterocycles. The van der Waals surface area contributed by atoms with E-state index >= 15 is 0 Å². The van der Waals surface area contributed by atoms with Crippen LogP contribution in [0.25, 0.3) is 0 Å². The standard InChI is InChI=1S/C15H23NO4S/c1-4-15(17)13-7-5-8-14(11-13)21(18,19)16-9-6-10-20-12(2)3/h5,7-8,11-12,16H,4,6,9-10H2,1-3H3. The molecule has 21 heavy (non-hydrogen) atoms. The fourth-order valence-corrected chi connectivity index (χ4v) is 2.84. The molecule has 0 bridgehead atoms. The lowest BCUT2D eigenvalue weighted by atomic mass is 10.1. The summed E-state index contributed by atoms with van der Waals surface area (Å²) >= 11 is 0. The van der Waals surface area contributed by atoms with Crippen molar-refractivity contribution in [1.29, 1.82) is 0 Å². The van der Waals surface area contributed by atoms with Crippen molar-refractivity contribution in [2.24, 2.45) is 0 Å². The predicted octanol–water partition coefficient (Wildman–Crippen LogP) is 2.37. The second kappa shape index (κ2) is 8.26. The van der Waals surface area contributed by atoms with Crippen molar-refractivity contribution >= 4 is 15.8 Å². The summed E-state index contributed by atoms with van der Waals surface area (Å²) in [6.07, 6.45) is 1.09. The van der Waals surface area contributed by atoms with Crippen LogP contribution in [0.1, 0.15) is 44.0 Å². The van der Waals surface area contributed by atoms with Gasteiger partial charge in [0.05, 0.1) is 11.0 Å². The summed E-state index contributed by atoms with van der Waals surface area (Å²) in [5.74, 6) is -0.0719. The maximum Gasteiger partial charge on any atom is 0.240 e. The Hall–Kier alpha value is -1.24. The van der Waals surface area contributed by atoms with Crippen molar-refractivity contribution in [2.45, 2.75) is 44.6 Å². The molecule has 6 heteroatoms. The van der Waals surface area contributed by atoms with Gasteiger partial charge in [-0.2, -0.15) is 0 Å². The summed E-state index contributed by atoms with van der Waals surface area (Å²) in [4.78, 5) is 11.7. The molecule has 0 fully saturated rings. The van der Waals surface area contributed by atoms with Gasteiger partial charge in [0.25, 0.3) is 0 Å². The molecule has 1 N–H and O–H groups in total. The zero-order valence-corrected chi connectivity index (χ0v) is 13.6. The van der Waals surface area contributed by atoms with Gasteiger partial charge in [-0.1, -0.05) is 19.1 Å². The molecule has 5 nitrogen and oxygen atoms in total. The van der Waals surface area contributed by atoms with Crippen molar-refractivity contribution in [3.63, 3.8) is 0 Å². The van der Waals surface area contributed by atoms with Gasteiger partial charge >= 0.3 is 0 Å². The number of ketones is 1. The first-order valence-electron chi connectivity index (χ1n) is 7.11. The number of sulfonamides is 1. The van der Waals surface area contributed by atoms with Gasteiger partial charge in [-0.05, 0) is 32.4 Å². The predicted molar refractivity (Wildman–Crippen MR) is 82.0 cm³/mol. The van der Waals surface area contributed by atoms with Crippen molar-refractivity contribution < 1.29 is 17.9 Å². The second-order valence-electron chi connectivity index (χ2n) is 4.98. The third kappa shape index (κ3) is 5.95. The Kier molecular flexibility index (Phi) is 7.01. The Balaban J connectivity index is 2.64. The maximum atomic E-state index is 12.1. The molecule has 0 saturated carbocycles. The van der Waals surface area contributed by atoms with E-state index < -0.39 is 10.0 Å². The van der Waals surface area contributed by atoms with E-state index in [9.17, 15) is 13.2 Å². The van der Waals surface area contributed by atoms with Crippen LogP contribution in [0, 0.1) is 0 Å². The van der Waals surface area contributed by atoms with Crippen LogP contribution >= 0.6 is 0 Å². The van der Waals surface area contributed by atoms with Crippen LogP contribution in [0.15, 0.2) is 29.2 Å². The van der Waals surface area contributed by atoms with Gasteiger partial charge in [-0.15, -0.1) is 0 Å². The Bertz CT molecular complexity index is 567. The average molecular weight is 313 g/mol. The molecule has 0 aliphatic heterocycles. The molecule has 0 amide bonds. The fourth-order valence-electron chi connectivity index (χ4n) is 1.72. The van der Waals surface area contributed by atoms with Crippen LogP contribution in [-0.2, 0) is 14.8 Å². The summed E-state index contributed by atoms with van der Waals surface area (Å²) in [6.45, 7) is 6.42. The van der Waals surface area contributed by atoms with E-state index in [4.69, 9.17) is 4.74 Å². The lowest BCUT2D eigenvalue weighted by Crippen LogP contribution is -2.26. The van der Waals surface area contributed by atoms with Crippen LogP contribution in [0.2, 0.25) is 0 Å². The Morgan fingerprint density at radius 1 is 1.33 bits per heavy atom. The van der Waals surface area contributed by atoms with E-state index in [0.29, 0.717) is 31.6 Å². The van der Waals surface area contributed by atoms with Gasteiger partial charge in [-0.25, -0.2) is 13.1 Å². The lowest BCUT2D eigenvalue weighted by Gasteiger charge is -2.09. The summed E-state index contributed by atoms with van der Waals surface area (Å²) in [5, 5.41) is 0. The quantitative estimate of drug-likeness (QED) is 0.561. The second-order valence-corrected chi connectivity index (χ2v) is 6.74. The molecule has 0 atom stereocenters. The normalized spacial score (nSPS) is 11.8. The van der Waals surface area contributed by atoms with Crippen LogP contribution in [0.3, 0.4) is 0 Å². The summed E-state index contributed by atoms with van der Waals surface area (Å²) in [5.41, 5.74) is 0.420. The van der Waals surface area contributed by atoms with Gasteiger partial charge in [0, 0.05) is 25.1 Å². The molecule has 0 aliphatic rings. The van der Waals surface area contributed by atoms with E-state index in [2.05, 4.69) is 4.72 Å². The monoisotopic (exact) mass is 313 g/mol. The molecule has 1 aromatic carbocycles. The summed E-state index contributed by atoms with van der Waals surface area (Å²) < 4.78 is 32.1. The number of Topliss-reactive ketones (excluding diaryl/α,β-unsaturated/α-hetero) is 1. The number of ether oxygens (including phenoxy) is 1. The van der Waals surface area contributed by atoms with E-state index in [1.165, 1.54) is 12.1 Å². The highest BCUT2D eigenvalue weighted by Gasteiger charge is 2.15. The summed E-state index contributed by atoms with van der Waals surface area (Å²) in [7, 11) is -3.58. The third-order valence-corrected chi connectivity index (χ3v) is 4.31. The molecule has 0 unspecified atom stereocenters. The van der Waals surface area contributed by atoms with Gasteiger partial charge < -0.3 is 4.74 Å². The number of nitrogens with one attached hydrogen (secondary N) is 1. The zero-order valence-electron chi connectivity index (χ0n) is 12.8. The minimum absolute atomic E-state index is 0.0719. The van der Waals surface area contributed by atoms with Crippen molar-refractivity contribution in [3.05, 3.63) is 29.8 Å². The molecule has 118 valence electrons. The average Bonchev–Trinajstić information content (AvgIpc) is 2.45. The highest BCUT2D eigenvalue weighted by molar-refractivity contribution is 7.89. The third-order valence-electron chi connectivity index (χ3n) is 2.85. The molecule has 1 aromatic rings. The van der Waals surface area contributed by atoms with Crippen molar-refractivity contribution in [1.82, 2.24) is 4.72 Å². The van der Waals surface area contributed by atoms with Crippen LogP contribution in [-0.4, -0.2) is 33.5 Å². The molecule has 0 aliphatic carbocycles. The molecule has 0 heterocycles. The van der Waals surface area contributed by atoms with Crippen LogP contribution in [0.4, 0.5) is 0 Å². The first kappa shape index (κ1) is 17.8. The Morgan fingerprint density at radius 3 is 2.67 bits per heavy atom. The minimum Gasteiger partial charge on any atom is -0.379 e. The van der Waals surface area contributed by atoms with Crippen molar-refractivity contribution in [3.8, 4) is 0 Å². The zero-order chi connectivity index (χ0) is 15.9. The SMILES string of the molecule is CCC(=O)c1cccc(S(=O)(=O)NCCCOC(C)C)c1. The van der Waals surface area contributed by atoms with Gasteiger partial charge in [0.15, 0.2) is 5.78 Å². The van der Waals surface area contributed by atoms with E-state index in [1.54, 1.807) is 19.1 Å². The van der Waals surface area contributed by atoms with Gasteiger partial charge in [-0.3, -0.25) is 4.79 Å². The number of carbonyl (C=O) groups excluding carboxylic acids is 1. The number of benzene rings is 1. The minimum atomic E-state index is -3.58. The number of rotatable bonds is 9. The number of carbonyl (C=O) groups is 1. The topological polar surface area (TPSA) is 72.5 Å². The molecular formula is C15H23NO4S. The Labute approximate surface area is 126 Å². The first-order chi connectivity index (χ1) is 9.86. The van der Waals surface area contributed by atoms with Crippen LogP contribution < -0.4 is 4.72 Å². The van der Waals surface area contributed by atoms with Crippen molar-refractivity contribution in [2.75, 3.05) is 13.2 Å². The van der Waals surface area contributed by atoms with Gasteiger partial charge in [0.1, 0.15) is 0 Å². The molecule has 0 spiro atoms. The Morgan fingerprint density at radius 2 is 2.05 bits per heavy atom. The maximum absolute atomic E-state index is 12.1.